The van der Waals surface area contributed by atoms with E-state index in [1.54, 1.807) is 6.20 Å². The molecule has 1 aliphatic carbocycles. The summed E-state index contributed by atoms with van der Waals surface area (Å²) in [7, 11) is 0. The molecule has 2 rings (SSSR count). The van der Waals surface area contributed by atoms with Crippen molar-refractivity contribution in [3.05, 3.63) is 30.1 Å². The van der Waals surface area contributed by atoms with Gasteiger partial charge in [0.25, 0.3) is 0 Å². The van der Waals surface area contributed by atoms with Crippen LogP contribution in [0.1, 0.15) is 24.6 Å². The van der Waals surface area contributed by atoms with E-state index in [4.69, 9.17) is 5.73 Å². The fourth-order valence-electron chi connectivity index (χ4n) is 1.60. The van der Waals surface area contributed by atoms with Gasteiger partial charge < -0.3 is 10.8 Å². The second-order valence-electron chi connectivity index (χ2n) is 3.75. The number of pyridine rings is 1. The molecule has 0 bridgehead atoms. The highest BCUT2D eigenvalue weighted by Crippen LogP contribution is 2.52. The first-order valence-corrected chi connectivity index (χ1v) is 4.56. The summed E-state index contributed by atoms with van der Waals surface area (Å²) in [6.45, 7) is 0.171. The van der Waals surface area contributed by atoms with Gasteiger partial charge in [-0.05, 0) is 25.0 Å². The molecule has 3 N–H and O–H groups in total. The van der Waals surface area contributed by atoms with Crippen molar-refractivity contribution in [1.29, 1.82) is 0 Å². The predicted octanol–water partition coefficient (Wildman–Crippen LogP) is 0.854. The molecule has 0 saturated heterocycles. The second kappa shape index (κ2) is 3.09. The third-order valence-corrected chi connectivity index (χ3v) is 2.87. The maximum absolute atomic E-state index is 9.18. The zero-order valence-electron chi connectivity index (χ0n) is 7.48. The molecule has 1 aliphatic rings. The first-order chi connectivity index (χ1) is 6.28. The molecule has 13 heavy (non-hydrogen) atoms. The van der Waals surface area contributed by atoms with E-state index in [2.05, 4.69) is 4.98 Å². The van der Waals surface area contributed by atoms with Crippen LogP contribution in [0, 0.1) is 5.41 Å². The summed E-state index contributed by atoms with van der Waals surface area (Å²) in [6.07, 6.45) is 3.77. The molecule has 0 aromatic carbocycles. The van der Waals surface area contributed by atoms with Crippen molar-refractivity contribution in [2.75, 3.05) is 6.61 Å². The number of nitrogens with two attached hydrogens (primary N) is 1. The molecule has 1 aromatic rings. The molecular weight excluding hydrogens is 164 g/mol. The summed E-state index contributed by atoms with van der Waals surface area (Å²) < 4.78 is 0. The van der Waals surface area contributed by atoms with Crippen LogP contribution in [-0.4, -0.2) is 16.7 Å². The monoisotopic (exact) mass is 178 g/mol. The summed E-state index contributed by atoms with van der Waals surface area (Å²) in [5, 5.41) is 9.18. The quantitative estimate of drug-likeness (QED) is 0.721. The lowest BCUT2D eigenvalue weighted by atomic mass is 9.95. The minimum atomic E-state index is -0.112. The number of aromatic nitrogens is 1. The zero-order chi connectivity index (χ0) is 9.31. The van der Waals surface area contributed by atoms with Crippen molar-refractivity contribution in [3.63, 3.8) is 0 Å². The average Bonchev–Trinajstić information content (AvgIpc) is 2.99. The lowest BCUT2D eigenvalue weighted by Gasteiger charge is -2.19. The first-order valence-electron chi connectivity index (χ1n) is 4.56. The van der Waals surface area contributed by atoms with Gasteiger partial charge in [-0.1, -0.05) is 6.07 Å². The molecule has 0 spiro atoms. The maximum Gasteiger partial charge on any atom is 0.0577 e. The fraction of sp³-hybridized carbons (Fsp3) is 0.500. The molecule has 0 amide bonds. The molecule has 70 valence electrons. The topological polar surface area (TPSA) is 59.1 Å². The van der Waals surface area contributed by atoms with Gasteiger partial charge in [-0.15, -0.1) is 0 Å². The maximum atomic E-state index is 9.18. The van der Waals surface area contributed by atoms with Crippen LogP contribution >= 0.6 is 0 Å². The summed E-state index contributed by atoms with van der Waals surface area (Å²) in [4.78, 5) is 4.20. The lowest BCUT2D eigenvalue weighted by Crippen LogP contribution is -2.26. The van der Waals surface area contributed by atoms with Gasteiger partial charge in [0.2, 0.25) is 0 Å². The summed E-state index contributed by atoms with van der Waals surface area (Å²) in [5.74, 6) is 0. The summed E-state index contributed by atoms with van der Waals surface area (Å²) in [6, 6.07) is 5.60. The number of nitrogens with zero attached hydrogens (tertiary/aromatic N) is 1. The van der Waals surface area contributed by atoms with Crippen molar-refractivity contribution in [3.8, 4) is 0 Å². The number of aliphatic hydroxyl groups excluding tert-OH is 1. The van der Waals surface area contributed by atoms with Gasteiger partial charge >= 0.3 is 0 Å². The standard InChI is InChI=1S/C10H14N2O/c11-9(10(7-13)4-5-10)8-3-1-2-6-12-8/h1-3,6,9,13H,4-5,7,11H2. The van der Waals surface area contributed by atoms with E-state index < -0.39 is 0 Å². The molecule has 1 atom stereocenters. The number of hydrogen-bond donors (Lipinski definition) is 2. The number of hydrogen-bond acceptors (Lipinski definition) is 3. The molecule has 3 heteroatoms. The van der Waals surface area contributed by atoms with E-state index in [1.807, 2.05) is 18.2 Å². The summed E-state index contributed by atoms with van der Waals surface area (Å²) in [5.41, 5.74) is 6.83. The molecule has 1 saturated carbocycles. The smallest absolute Gasteiger partial charge is 0.0577 e. The summed E-state index contributed by atoms with van der Waals surface area (Å²) >= 11 is 0. The Bertz CT molecular complexity index is 282. The van der Waals surface area contributed by atoms with Crippen LogP contribution in [0.3, 0.4) is 0 Å². The van der Waals surface area contributed by atoms with Gasteiger partial charge in [-0.3, -0.25) is 4.98 Å². The fourth-order valence-corrected chi connectivity index (χ4v) is 1.60. The third kappa shape index (κ3) is 1.45. The third-order valence-electron chi connectivity index (χ3n) is 2.87. The molecule has 3 nitrogen and oxygen atoms in total. The Kier molecular flexibility index (Phi) is 2.06. The second-order valence-corrected chi connectivity index (χ2v) is 3.75. The Morgan fingerprint density at radius 3 is 2.77 bits per heavy atom. The molecule has 1 aromatic heterocycles. The molecule has 0 radical (unpaired) electrons. The molecule has 1 unspecified atom stereocenters. The minimum absolute atomic E-state index is 0.0750. The normalized spacial score (nSPS) is 21.1. The van der Waals surface area contributed by atoms with Gasteiger partial charge in [-0.2, -0.15) is 0 Å². The Balaban J connectivity index is 2.18. The van der Waals surface area contributed by atoms with Crippen molar-refractivity contribution < 1.29 is 5.11 Å². The largest absolute Gasteiger partial charge is 0.396 e. The number of aliphatic hydroxyl groups is 1. The van der Waals surface area contributed by atoms with Crippen LogP contribution in [0.2, 0.25) is 0 Å². The Morgan fingerprint density at radius 2 is 2.31 bits per heavy atom. The van der Waals surface area contributed by atoms with Crippen LogP contribution in [0.4, 0.5) is 0 Å². The highest BCUT2D eigenvalue weighted by atomic mass is 16.3. The van der Waals surface area contributed by atoms with Crippen LogP contribution in [-0.2, 0) is 0 Å². The van der Waals surface area contributed by atoms with Gasteiger partial charge in [0.1, 0.15) is 0 Å². The minimum Gasteiger partial charge on any atom is -0.396 e. The Morgan fingerprint density at radius 1 is 1.54 bits per heavy atom. The van der Waals surface area contributed by atoms with Gasteiger partial charge in [-0.25, -0.2) is 0 Å². The van der Waals surface area contributed by atoms with Gasteiger partial charge in [0.15, 0.2) is 0 Å². The average molecular weight is 178 g/mol. The van der Waals surface area contributed by atoms with Crippen LogP contribution < -0.4 is 5.73 Å². The predicted molar refractivity (Wildman–Crippen MR) is 49.9 cm³/mol. The number of rotatable bonds is 3. The van der Waals surface area contributed by atoms with Crippen LogP contribution in [0.25, 0.3) is 0 Å². The van der Waals surface area contributed by atoms with Crippen molar-refractivity contribution in [2.24, 2.45) is 11.1 Å². The first kappa shape index (κ1) is 8.66. The molecule has 1 heterocycles. The van der Waals surface area contributed by atoms with Crippen LogP contribution in [0.15, 0.2) is 24.4 Å². The highest BCUT2D eigenvalue weighted by Gasteiger charge is 2.48. The van der Waals surface area contributed by atoms with Gasteiger partial charge in [0, 0.05) is 11.6 Å². The molecule has 0 aliphatic heterocycles. The highest BCUT2D eigenvalue weighted by molar-refractivity contribution is 5.16. The van der Waals surface area contributed by atoms with Gasteiger partial charge in [0.05, 0.1) is 18.3 Å². The van der Waals surface area contributed by atoms with E-state index in [1.165, 1.54) is 0 Å². The van der Waals surface area contributed by atoms with E-state index in [0.717, 1.165) is 18.5 Å². The van der Waals surface area contributed by atoms with E-state index in [0.29, 0.717) is 0 Å². The Labute approximate surface area is 77.6 Å². The lowest BCUT2D eigenvalue weighted by molar-refractivity contribution is 0.186. The van der Waals surface area contributed by atoms with Crippen molar-refractivity contribution >= 4 is 0 Å². The molecular formula is C10H14N2O. The van der Waals surface area contributed by atoms with E-state index in [-0.39, 0.29) is 18.1 Å². The van der Waals surface area contributed by atoms with E-state index in [9.17, 15) is 5.11 Å². The van der Waals surface area contributed by atoms with Crippen molar-refractivity contribution in [1.82, 2.24) is 4.98 Å². The zero-order valence-corrected chi connectivity index (χ0v) is 7.48. The van der Waals surface area contributed by atoms with Crippen molar-refractivity contribution in [2.45, 2.75) is 18.9 Å². The molecule has 1 fully saturated rings. The van der Waals surface area contributed by atoms with E-state index >= 15 is 0 Å². The SMILES string of the molecule is NC(c1ccccn1)C1(CO)CC1. The van der Waals surface area contributed by atoms with Crippen LogP contribution in [0.5, 0.6) is 0 Å². The Hall–Kier alpha value is -0.930.